The van der Waals surface area contributed by atoms with Gasteiger partial charge in [-0.1, -0.05) is 75.7 Å². The average Bonchev–Trinajstić information content (AvgIpc) is 3.51. The second-order valence-corrected chi connectivity index (χ2v) is 12.5. The highest BCUT2D eigenvalue weighted by Crippen LogP contribution is 2.41. The highest BCUT2D eigenvalue weighted by atomic mass is 32.1. The van der Waals surface area contributed by atoms with Gasteiger partial charge in [-0.3, -0.25) is 9.98 Å². The number of nitrogens with zero attached hydrogens (tertiary/aromatic N) is 2. The second kappa shape index (κ2) is 10.4. The van der Waals surface area contributed by atoms with Crippen LogP contribution in [0.3, 0.4) is 0 Å². The first kappa shape index (κ1) is 25.0. The van der Waals surface area contributed by atoms with Crippen LogP contribution in [0, 0.1) is 5.92 Å². The van der Waals surface area contributed by atoms with Gasteiger partial charge in [0.15, 0.2) is 0 Å². The zero-order valence-electron chi connectivity index (χ0n) is 22.2. The van der Waals surface area contributed by atoms with E-state index in [4.69, 9.17) is 4.99 Å². The number of hydrogen-bond donors (Lipinski definition) is 0. The van der Waals surface area contributed by atoms with Gasteiger partial charge in [0.05, 0.1) is 11.4 Å². The van der Waals surface area contributed by atoms with Crippen LogP contribution in [-0.2, 0) is 0 Å². The van der Waals surface area contributed by atoms with Crippen LogP contribution in [0.4, 0.5) is 0 Å². The number of fused-ring (bicyclic) bond motifs is 6. The maximum absolute atomic E-state index is 5.12. The SMILES string of the molecule is C=N/C(=C\C(=NCC(C)CC)c1ccc2c3c(sc2c1)C=CCC3C)c1ccc2c(c1)sc1ccccc12. The molecule has 0 radical (unpaired) electrons. The lowest BCUT2D eigenvalue weighted by Gasteiger charge is -2.14. The molecule has 0 spiro atoms. The van der Waals surface area contributed by atoms with E-state index in [1.165, 1.54) is 40.7 Å². The Morgan fingerprint density at radius 2 is 1.71 bits per heavy atom. The van der Waals surface area contributed by atoms with Gasteiger partial charge in [0.1, 0.15) is 0 Å². The Hall–Kier alpha value is -3.34. The number of rotatable bonds is 7. The first-order chi connectivity index (χ1) is 18.6. The highest BCUT2D eigenvalue weighted by Gasteiger charge is 2.19. The van der Waals surface area contributed by atoms with Crippen molar-refractivity contribution in [2.45, 2.75) is 39.5 Å². The van der Waals surface area contributed by atoms with E-state index >= 15 is 0 Å². The van der Waals surface area contributed by atoms with Gasteiger partial charge in [0.2, 0.25) is 0 Å². The van der Waals surface area contributed by atoms with Crippen LogP contribution in [0.2, 0.25) is 0 Å². The fourth-order valence-electron chi connectivity index (χ4n) is 5.26. The van der Waals surface area contributed by atoms with Gasteiger partial charge in [-0.05, 0) is 66.3 Å². The Kier molecular flexibility index (Phi) is 6.86. The second-order valence-electron chi connectivity index (χ2n) is 10.4. The molecular formula is C34H32N2S2. The summed E-state index contributed by atoms with van der Waals surface area (Å²) in [7, 11) is 0. The molecule has 1 aliphatic carbocycles. The van der Waals surface area contributed by atoms with Crippen molar-refractivity contribution in [3.8, 4) is 0 Å². The summed E-state index contributed by atoms with van der Waals surface area (Å²) in [5, 5.41) is 3.98. The van der Waals surface area contributed by atoms with Crippen molar-refractivity contribution < 1.29 is 0 Å². The largest absolute Gasteiger partial charge is 0.284 e. The smallest absolute Gasteiger partial charge is 0.0716 e. The van der Waals surface area contributed by atoms with E-state index in [0.29, 0.717) is 11.8 Å². The van der Waals surface area contributed by atoms with Crippen molar-refractivity contribution in [2.75, 3.05) is 6.54 Å². The first-order valence-electron chi connectivity index (χ1n) is 13.4. The molecule has 0 saturated heterocycles. The summed E-state index contributed by atoms with van der Waals surface area (Å²) in [6, 6.07) is 22.1. The van der Waals surface area contributed by atoms with Crippen molar-refractivity contribution >= 4 is 77.1 Å². The maximum atomic E-state index is 5.12. The molecule has 0 fully saturated rings. The predicted molar refractivity (Wildman–Crippen MR) is 172 cm³/mol. The van der Waals surface area contributed by atoms with Gasteiger partial charge in [-0.25, -0.2) is 0 Å². The van der Waals surface area contributed by atoms with Gasteiger partial charge in [-0.2, -0.15) is 0 Å². The third-order valence-corrected chi connectivity index (χ3v) is 9.96. The van der Waals surface area contributed by atoms with Crippen molar-refractivity contribution in [1.29, 1.82) is 0 Å². The van der Waals surface area contributed by atoms with Crippen molar-refractivity contribution in [3.05, 3.63) is 94.4 Å². The van der Waals surface area contributed by atoms with E-state index in [-0.39, 0.29) is 0 Å². The monoisotopic (exact) mass is 532 g/mol. The molecular weight excluding hydrogens is 501 g/mol. The van der Waals surface area contributed by atoms with Crippen molar-refractivity contribution in [2.24, 2.45) is 15.9 Å². The molecule has 2 aromatic heterocycles. The molecule has 0 saturated carbocycles. The molecule has 190 valence electrons. The molecule has 4 heteroatoms. The Balaban J connectivity index is 1.44. The Bertz CT molecular complexity index is 1760. The van der Waals surface area contributed by atoms with E-state index in [0.717, 1.165) is 41.9 Å². The van der Waals surface area contributed by atoms with Crippen LogP contribution in [-0.4, -0.2) is 19.0 Å². The van der Waals surface area contributed by atoms with Crippen LogP contribution in [0.5, 0.6) is 0 Å². The molecule has 5 aromatic rings. The van der Waals surface area contributed by atoms with Gasteiger partial charge >= 0.3 is 0 Å². The molecule has 3 aromatic carbocycles. The molecule has 38 heavy (non-hydrogen) atoms. The van der Waals surface area contributed by atoms with Gasteiger partial charge in [-0.15, -0.1) is 22.7 Å². The van der Waals surface area contributed by atoms with Crippen molar-refractivity contribution in [1.82, 2.24) is 0 Å². The quantitative estimate of drug-likeness (QED) is 0.186. The van der Waals surface area contributed by atoms with Crippen LogP contribution < -0.4 is 0 Å². The summed E-state index contributed by atoms with van der Waals surface area (Å²) in [5.41, 5.74) is 5.54. The molecule has 0 bridgehead atoms. The maximum Gasteiger partial charge on any atom is 0.0716 e. The highest BCUT2D eigenvalue weighted by molar-refractivity contribution is 7.25. The molecule has 2 atom stereocenters. The Labute approximate surface area is 232 Å². The van der Waals surface area contributed by atoms with Gasteiger partial charge in [0, 0.05) is 47.4 Å². The lowest BCUT2D eigenvalue weighted by molar-refractivity contribution is 0.577. The zero-order valence-corrected chi connectivity index (χ0v) is 23.8. The first-order valence-corrected chi connectivity index (χ1v) is 15.1. The van der Waals surface area contributed by atoms with E-state index in [9.17, 15) is 0 Å². The van der Waals surface area contributed by atoms with Crippen LogP contribution in [0.25, 0.3) is 42.0 Å². The molecule has 2 heterocycles. The molecule has 2 nitrogen and oxygen atoms in total. The summed E-state index contributed by atoms with van der Waals surface area (Å²) in [6.45, 7) is 11.6. The van der Waals surface area contributed by atoms with E-state index in [1.807, 2.05) is 22.7 Å². The third kappa shape index (κ3) is 4.57. The number of thiophene rings is 2. The predicted octanol–water partition coefficient (Wildman–Crippen LogP) is 10.4. The summed E-state index contributed by atoms with van der Waals surface area (Å²) in [6.07, 6.45) is 8.95. The number of benzene rings is 3. The number of hydrogen-bond acceptors (Lipinski definition) is 4. The van der Waals surface area contributed by atoms with Crippen LogP contribution >= 0.6 is 22.7 Å². The standard InChI is InChI=1S/C34H32N2S2/c1-5-21(2)20-36-29(24-14-16-27-33(18-24)38-31-12-8-9-22(3)34(27)31)19-28(35-4)23-13-15-26-25-10-6-7-11-30(25)37-32(26)17-23/h6-8,10-19,21-22H,4-5,9,20H2,1-3H3/b28-19-,36-29?. The fourth-order valence-corrected chi connectivity index (χ4v) is 7.70. The molecule has 6 rings (SSSR count). The molecule has 1 aliphatic rings. The molecule has 2 unspecified atom stereocenters. The third-order valence-electron chi connectivity index (χ3n) is 7.69. The van der Waals surface area contributed by atoms with Gasteiger partial charge in [0.25, 0.3) is 0 Å². The minimum atomic E-state index is 0.525. The minimum Gasteiger partial charge on any atom is -0.284 e. The van der Waals surface area contributed by atoms with Crippen molar-refractivity contribution in [3.63, 3.8) is 0 Å². The summed E-state index contributed by atoms with van der Waals surface area (Å²) in [5.74, 6) is 1.09. The molecule has 0 aliphatic heterocycles. The van der Waals surface area contributed by atoms with Crippen LogP contribution in [0.1, 0.15) is 61.1 Å². The zero-order chi connectivity index (χ0) is 26.2. The normalized spacial score (nSPS) is 16.9. The number of aliphatic imine (C=N–C) groups is 2. The topological polar surface area (TPSA) is 24.7 Å². The minimum absolute atomic E-state index is 0.525. The van der Waals surface area contributed by atoms with E-state index in [1.54, 1.807) is 0 Å². The average molecular weight is 533 g/mol. The lowest BCUT2D eigenvalue weighted by atomic mass is 9.90. The van der Waals surface area contributed by atoms with E-state index < -0.39 is 0 Å². The summed E-state index contributed by atoms with van der Waals surface area (Å²) < 4.78 is 3.91. The molecule has 0 amide bonds. The Morgan fingerprint density at radius 1 is 0.974 bits per heavy atom. The number of allylic oxidation sites excluding steroid dienone is 2. The lowest BCUT2D eigenvalue weighted by Crippen LogP contribution is -2.04. The van der Waals surface area contributed by atoms with Crippen LogP contribution in [0.15, 0.2) is 82.8 Å². The molecule has 0 N–H and O–H groups in total. The fraction of sp³-hybridized carbons (Fsp3) is 0.235. The summed E-state index contributed by atoms with van der Waals surface area (Å²) >= 11 is 3.72. The summed E-state index contributed by atoms with van der Waals surface area (Å²) in [4.78, 5) is 11.0. The van der Waals surface area contributed by atoms with Gasteiger partial charge < -0.3 is 0 Å². The van der Waals surface area contributed by atoms with E-state index in [2.05, 4.69) is 111 Å². The Morgan fingerprint density at radius 3 is 2.55 bits per heavy atom.